The van der Waals surface area contributed by atoms with Crippen LogP contribution in [0.2, 0.25) is 0 Å². The van der Waals surface area contributed by atoms with Crippen LogP contribution in [0.15, 0.2) is 0 Å². The summed E-state index contributed by atoms with van der Waals surface area (Å²) < 4.78 is 11.0. The Morgan fingerprint density at radius 2 is 2.20 bits per heavy atom. The van der Waals surface area contributed by atoms with Crippen LogP contribution in [-0.2, 0) is 14.3 Å². The van der Waals surface area contributed by atoms with E-state index in [0.717, 1.165) is 25.9 Å². The van der Waals surface area contributed by atoms with Crippen molar-refractivity contribution in [3.05, 3.63) is 0 Å². The van der Waals surface area contributed by atoms with Crippen molar-refractivity contribution < 1.29 is 14.3 Å². The maximum atomic E-state index is 11.7. The van der Waals surface area contributed by atoms with Crippen LogP contribution in [0.5, 0.6) is 0 Å². The average Bonchev–Trinajstić information content (AvgIpc) is 2.84. The van der Waals surface area contributed by atoms with Gasteiger partial charge in [0, 0.05) is 19.8 Å². The summed E-state index contributed by atoms with van der Waals surface area (Å²) in [7, 11) is 0. The van der Waals surface area contributed by atoms with Gasteiger partial charge >= 0.3 is 0 Å². The number of amides is 1. The fourth-order valence-electron chi connectivity index (χ4n) is 1.88. The highest BCUT2D eigenvalue weighted by Gasteiger charge is 2.26. The third kappa shape index (κ3) is 7.43. The molecule has 2 atom stereocenters. The van der Waals surface area contributed by atoms with Gasteiger partial charge in [-0.05, 0) is 24.7 Å². The lowest BCUT2D eigenvalue weighted by Crippen LogP contribution is -2.48. The van der Waals surface area contributed by atoms with Gasteiger partial charge in [-0.25, -0.2) is 0 Å². The van der Waals surface area contributed by atoms with E-state index in [0.29, 0.717) is 19.8 Å². The third-order valence-corrected chi connectivity index (χ3v) is 3.31. The smallest absolute Gasteiger partial charge is 0.237 e. The fraction of sp³-hybridized carbons (Fsp3) is 0.929. The van der Waals surface area contributed by atoms with Gasteiger partial charge < -0.3 is 20.5 Å². The predicted octanol–water partition coefficient (Wildman–Crippen LogP) is 1.48. The molecule has 1 rings (SSSR count). The van der Waals surface area contributed by atoms with E-state index in [1.54, 1.807) is 0 Å². The molecule has 1 fully saturated rings. The first-order valence-electron chi connectivity index (χ1n) is 7.14. The van der Waals surface area contributed by atoms with E-state index < -0.39 is 6.04 Å². The summed E-state index contributed by atoms with van der Waals surface area (Å²) in [6.07, 6.45) is 3.30. The van der Waals surface area contributed by atoms with E-state index in [2.05, 4.69) is 5.32 Å². The Morgan fingerprint density at radius 1 is 1.50 bits per heavy atom. The molecule has 0 saturated carbocycles. The number of carbonyl (C=O) groups is 1. The second-order valence-corrected chi connectivity index (χ2v) is 6.20. The van der Waals surface area contributed by atoms with Crippen LogP contribution in [0.25, 0.3) is 0 Å². The largest absolute Gasteiger partial charge is 0.379 e. The molecule has 0 spiro atoms. The van der Waals surface area contributed by atoms with Gasteiger partial charge in [-0.1, -0.05) is 20.8 Å². The average molecular weight is 309 g/mol. The van der Waals surface area contributed by atoms with Crippen LogP contribution in [0.4, 0.5) is 0 Å². The topological polar surface area (TPSA) is 73.6 Å². The van der Waals surface area contributed by atoms with Crippen molar-refractivity contribution in [2.75, 3.05) is 26.4 Å². The van der Waals surface area contributed by atoms with Crippen LogP contribution in [-0.4, -0.2) is 44.4 Å². The Balaban J connectivity index is 0.00000361. The zero-order valence-corrected chi connectivity index (χ0v) is 13.6. The maximum absolute atomic E-state index is 11.7. The van der Waals surface area contributed by atoms with Crippen molar-refractivity contribution in [2.45, 2.75) is 52.2 Å². The Kier molecular flexibility index (Phi) is 9.38. The van der Waals surface area contributed by atoms with Crippen molar-refractivity contribution in [1.29, 1.82) is 0 Å². The first kappa shape index (κ1) is 19.6. The van der Waals surface area contributed by atoms with E-state index in [4.69, 9.17) is 15.2 Å². The van der Waals surface area contributed by atoms with Crippen molar-refractivity contribution in [1.82, 2.24) is 5.32 Å². The third-order valence-electron chi connectivity index (χ3n) is 3.31. The molecule has 5 nitrogen and oxygen atoms in total. The molecule has 1 unspecified atom stereocenters. The Labute approximate surface area is 128 Å². The Bertz CT molecular complexity index is 276. The highest BCUT2D eigenvalue weighted by Crippen LogP contribution is 2.17. The molecule has 0 aliphatic carbocycles. The molecule has 0 aromatic carbocycles. The number of nitrogens with two attached hydrogens (primary N) is 1. The highest BCUT2D eigenvalue weighted by atomic mass is 35.5. The van der Waals surface area contributed by atoms with Gasteiger partial charge in [0.15, 0.2) is 0 Å². The summed E-state index contributed by atoms with van der Waals surface area (Å²) in [6, 6.07) is -0.472. The van der Waals surface area contributed by atoms with Crippen LogP contribution in [0, 0.1) is 5.41 Å². The zero-order chi connectivity index (χ0) is 14.3. The highest BCUT2D eigenvalue weighted by molar-refractivity contribution is 5.85. The summed E-state index contributed by atoms with van der Waals surface area (Å²) in [5, 5.41) is 2.84. The quantitative estimate of drug-likeness (QED) is 0.699. The number of halogens is 1. The van der Waals surface area contributed by atoms with Crippen molar-refractivity contribution >= 4 is 18.3 Å². The molecule has 1 aliphatic heterocycles. The maximum Gasteiger partial charge on any atom is 0.237 e. The van der Waals surface area contributed by atoms with Crippen molar-refractivity contribution in [3.63, 3.8) is 0 Å². The van der Waals surface area contributed by atoms with Gasteiger partial charge in [-0.15, -0.1) is 12.4 Å². The van der Waals surface area contributed by atoms with E-state index in [1.807, 2.05) is 20.8 Å². The number of carbonyl (C=O) groups excluding carboxylic acids is 1. The Hall–Kier alpha value is -0.360. The monoisotopic (exact) mass is 308 g/mol. The number of nitrogens with one attached hydrogen (secondary N) is 1. The number of hydrogen-bond donors (Lipinski definition) is 2. The fourth-order valence-corrected chi connectivity index (χ4v) is 1.88. The molecule has 0 aromatic rings. The Morgan fingerprint density at radius 3 is 2.75 bits per heavy atom. The molecular formula is C14H29ClN2O3. The lowest BCUT2D eigenvalue weighted by atomic mass is 9.87. The van der Waals surface area contributed by atoms with Gasteiger partial charge in [0.1, 0.15) is 0 Å². The van der Waals surface area contributed by atoms with E-state index in [-0.39, 0.29) is 29.8 Å². The summed E-state index contributed by atoms with van der Waals surface area (Å²) in [5.41, 5.74) is 5.65. The second kappa shape index (κ2) is 9.55. The minimum absolute atomic E-state index is 0. The molecule has 0 aromatic heterocycles. The molecule has 1 heterocycles. The van der Waals surface area contributed by atoms with E-state index >= 15 is 0 Å². The van der Waals surface area contributed by atoms with Crippen LogP contribution >= 0.6 is 12.4 Å². The molecule has 3 N–H and O–H groups in total. The minimum Gasteiger partial charge on any atom is -0.379 e. The molecule has 1 amide bonds. The standard InChI is InChI=1S/C14H28N2O3.ClH/c1-14(2,3)12(15)13(17)16-7-5-8-18-10-11-6-4-9-19-11;/h11-12H,4-10,15H2,1-3H3,(H,16,17);1H/t11?,12-;/m1./s1. The minimum atomic E-state index is -0.472. The molecule has 0 radical (unpaired) electrons. The SMILES string of the molecule is CC(C)(C)[C@H](N)C(=O)NCCCOCC1CCCO1.Cl. The number of rotatable bonds is 7. The number of hydrogen-bond acceptors (Lipinski definition) is 4. The lowest BCUT2D eigenvalue weighted by molar-refractivity contribution is -0.124. The van der Waals surface area contributed by atoms with Gasteiger partial charge in [0.2, 0.25) is 5.91 Å². The van der Waals surface area contributed by atoms with Crippen LogP contribution < -0.4 is 11.1 Å². The summed E-state index contributed by atoms with van der Waals surface area (Å²) in [5.74, 6) is -0.0911. The summed E-state index contributed by atoms with van der Waals surface area (Å²) in [4.78, 5) is 11.7. The van der Waals surface area contributed by atoms with Gasteiger partial charge in [0.25, 0.3) is 0 Å². The molecule has 6 heteroatoms. The molecule has 120 valence electrons. The van der Waals surface area contributed by atoms with E-state index in [1.165, 1.54) is 0 Å². The van der Waals surface area contributed by atoms with E-state index in [9.17, 15) is 4.79 Å². The molecular weight excluding hydrogens is 280 g/mol. The molecule has 0 bridgehead atoms. The summed E-state index contributed by atoms with van der Waals surface area (Å²) >= 11 is 0. The van der Waals surface area contributed by atoms with Crippen LogP contribution in [0.3, 0.4) is 0 Å². The van der Waals surface area contributed by atoms with Gasteiger partial charge in [0.05, 0.1) is 18.8 Å². The number of ether oxygens (including phenoxy) is 2. The molecule has 1 aliphatic rings. The zero-order valence-electron chi connectivity index (χ0n) is 12.8. The molecule has 1 saturated heterocycles. The first-order valence-corrected chi connectivity index (χ1v) is 7.14. The van der Waals surface area contributed by atoms with Gasteiger partial charge in [-0.3, -0.25) is 4.79 Å². The second-order valence-electron chi connectivity index (χ2n) is 6.20. The predicted molar refractivity (Wildman–Crippen MR) is 82.1 cm³/mol. The summed E-state index contributed by atoms with van der Waals surface area (Å²) in [6.45, 7) is 8.65. The van der Waals surface area contributed by atoms with Gasteiger partial charge in [-0.2, -0.15) is 0 Å². The normalized spacial score (nSPS) is 20.3. The first-order chi connectivity index (χ1) is 8.91. The van der Waals surface area contributed by atoms with Crippen molar-refractivity contribution in [3.8, 4) is 0 Å². The van der Waals surface area contributed by atoms with Crippen molar-refractivity contribution in [2.24, 2.45) is 11.1 Å². The molecule has 20 heavy (non-hydrogen) atoms. The van der Waals surface area contributed by atoms with Crippen LogP contribution in [0.1, 0.15) is 40.0 Å². The lowest BCUT2D eigenvalue weighted by Gasteiger charge is -2.25.